The lowest BCUT2D eigenvalue weighted by atomic mass is 9.78. The number of ether oxygens (including phenoxy) is 5. The van der Waals surface area contributed by atoms with E-state index in [1.165, 1.54) is 53.2 Å². The second-order valence-electron chi connectivity index (χ2n) is 17.8. The third-order valence-corrected chi connectivity index (χ3v) is 13.1. The number of aliphatic hydroxyl groups excluding tert-OH is 2. The van der Waals surface area contributed by atoms with Gasteiger partial charge in [0.15, 0.2) is 0 Å². The quantitative estimate of drug-likeness (QED) is 0.224. The van der Waals surface area contributed by atoms with Crippen molar-refractivity contribution in [2.45, 2.75) is 112 Å². The molecule has 0 radical (unpaired) electrons. The molecule has 348 valence electrons. The fourth-order valence-electron chi connectivity index (χ4n) is 9.05. The number of esters is 2. The van der Waals surface area contributed by atoms with Gasteiger partial charge in [0.25, 0.3) is 11.7 Å². The van der Waals surface area contributed by atoms with Gasteiger partial charge in [-0.3, -0.25) is 24.0 Å². The lowest BCUT2D eigenvalue weighted by Gasteiger charge is -2.38. The minimum absolute atomic E-state index is 0.0505. The summed E-state index contributed by atoms with van der Waals surface area (Å²) in [6.45, 7) is 15.1. The van der Waals surface area contributed by atoms with Crippen LogP contribution in [0.4, 0.5) is 0 Å². The van der Waals surface area contributed by atoms with Crippen molar-refractivity contribution in [2.24, 2.45) is 23.7 Å². The monoisotopic (exact) mass is 896 g/mol. The predicted molar refractivity (Wildman–Crippen MR) is 238 cm³/mol. The van der Waals surface area contributed by atoms with Gasteiger partial charge in [-0.15, -0.1) is 0 Å². The van der Waals surface area contributed by atoms with E-state index in [-0.39, 0.29) is 50.7 Å². The number of aliphatic hydroxyl groups is 2. The van der Waals surface area contributed by atoms with Crippen LogP contribution in [0.2, 0.25) is 0 Å². The highest BCUT2D eigenvalue weighted by Crippen LogP contribution is 2.50. The van der Waals surface area contributed by atoms with Crippen LogP contribution in [0.1, 0.15) is 120 Å². The van der Waals surface area contributed by atoms with Gasteiger partial charge < -0.3 is 44.1 Å². The maximum Gasteiger partial charge on any atom is 0.343 e. The fraction of sp³-hybridized carbons (Fsp3) is 0.480. The van der Waals surface area contributed by atoms with E-state index in [4.69, 9.17) is 23.7 Å². The van der Waals surface area contributed by atoms with Crippen LogP contribution in [0.5, 0.6) is 11.5 Å². The van der Waals surface area contributed by atoms with Crippen LogP contribution in [0.25, 0.3) is 0 Å². The highest BCUT2D eigenvalue weighted by Gasteiger charge is 2.53. The van der Waals surface area contributed by atoms with Crippen LogP contribution < -0.4 is 14.8 Å². The molecular weight excluding hydrogens is 837 g/mol. The van der Waals surface area contributed by atoms with Gasteiger partial charge in [0.1, 0.15) is 29.0 Å². The Morgan fingerprint density at radius 1 is 0.846 bits per heavy atom. The van der Waals surface area contributed by atoms with Crippen LogP contribution in [0, 0.1) is 37.5 Å². The topological polar surface area (TPSA) is 204 Å². The summed E-state index contributed by atoms with van der Waals surface area (Å²) in [4.78, 5) is 87.3. The number of ketones is 3. The Morgan fingerprint density at radius 3 is 2.14 bits per heavy atom. The Labute approximate surface area is 379 Å². The van der Waals surface area contributed by atoms with E-state index in [1.54, 1.807) is 69.0 Å². The highest BCUT2D eigenvalue weighted by atomic mass is 16.7. The molecule has 3 N–H and O–H groups in total. The van der Waals surface area contributed by atoms with Crippen LogP contribution in [0.3, 0.4) is 0 Å². The number of allylic oxidation sites excluding steroid dienone is 4. The standard InChI is InChI=1S/C50H60N2O13/c1-25-17-19-33(20-18-25)49(60)64-45-31(7)46-37-35-36(45)42(56)38(39(43(35)57)52-22-12-11-13-23-52)51-48(59)27(3)16-14-15-26(2)40(54)29(5)41(55)30(6)44(63-32(8)53)28(4)34(61-10)21-24-62-50(9,65-46)47(37)58/h14-21,24,26,28-30,34,40-41,44,54-55H,11-13,22-23H2,1-10H3,(H,51,59). The molecule has 1 aliphatic carbocycles. The molecule has 0 saturated carbocycles. The largest absolute Gasteiger partial charge is 0.462 e. The first-order valence-corrected chi connectivity index (χ1v) is 22.1. The molecule has 0 aromatic heterocycles. The number of nitrogens with zero attached hydrogens (tertiary/aromatic N) is 1. The first-order valence-electron chi connectivity index (χ1n) is 22.1. The molecule has 15 nitrogen and oxygen atoms in total. The molecule has 5 bridgehead atoms. The van der Waals surface area contributed by atoms with Gasteiger partial charge in [-0.05, 0) is 58.2 Å². The van der Waals surface area contributed by atoms with Crippen molar-refractivity contribution in [3.8, 4) is 11.5 Å². The molecule has 1 saturated heterocycles. The first-order chi connectivity index (χ1) is 30.7. The van der Waals surface area contributed by atoms with E-state index in [2.05, 4.69) is 5.32 Å². The van der Waals surface area contributed by atoms with E-state index >= 15 is 9.59 Å². The van der Waals surface area contributed by atoms with Gasteiger partial charge in [0, 0.05) is 68.9 Å². The smallest absolute Gasteiger partial charge is 0.343 e. The summed E-state index contributed by atoms with van der Waals surface area (Å²) in [5.41, 5.74) is -0.233. The number of methoxy groups -OCH3 is 1. The first kappa shape index (κ1) is 48.6. The number of carbonyl (C=O) groups is 6. The average molecular weight is 897 g/mol. The fourth-order valence-corrected chi connectivity index (χ4v) is 9.05. The molecule has 2 aromatic rings. The van der Waals surface area contributed by atoms with Crippen LogP contribution >= 0.6 is 0 Å². The van der Waals surface area contributed by atoms with Gasteiger partial charge in [0.05, 0.1) is 46.8 Å². The molecule has 1 amide bonds. The van der Waals surface area contributed by atoms with Crippen molar-refractivity contribution in [1.29, 1.82) is 0 Å². The number of likely N-dealkylation sites (tertiary alicyclic amines) is 1. The van der Waals surface area contributed by atoms with Gasteiger partial charge in [-0.25, -0.2) is 4.79 Å². The van der Waals surface area contributed by atoms with Crippen LogP contribution in [0.15, 0.2) is 71.8 Å². The minimum Gasteiger partial charge on any atom is -0.462 e. The molecular formula is C50H60N2O13. The summed E-state index contributed by atoms with van der Waals surface area (Å²) in [6.07, 6.45) is 5.67. The lowest BCUT2D eigenvalue weighted by molar-refractivity contribution is -0.160. The summed E-state index contributed by atoms with van der Waals surface area (Å²) >= 11 is 0. The normalized spacial score (nSPS) is 28.9. The van der Waals surface area contributed by atoms with Crippen LogP contribution in [-0.4, -0.2) is 101 Å². The zero-order chi connectivity index (χ0) is 47.7. The Kier molecular flexibility index (Phi) is 14.7. The minimum atomic E-state index is -2.13. The molecule has 4 aliphatic heterocycles. The summed E-state index contributed by atoms with van der Waals surface area (Å²) in [6, 6.07) is 6.54. The summed E-state index contributed by atoms with van der Waals surface area (Å²) in [5, 5.41) is 25.7. The van der Waals surface area contributed by atoms with Crippen LogP contribution in [-0.2, 0) is 23.8 Å². The number of benzene rings is 2. The number of Topliss-reactive ketones (excluding diaryl/α,β-unsaturated/α-hetero) is 3. The molecule has 1 fully saturated rings. The molecule has 5 aliphatic rings. The van der Waals surface area contributed by atoms with Crippen molar-refractivity contribution in [3.63, 3.8) is 0 Å². The predicted octanol–water partition coefficient (Wildman–Crippen LogP) is 6.27. The van der Waals surface area contributed by atoms with Crippen molar-refractivity contribution < 1.29 is 62.7 Å². The number of hydrogen-bond acceptors (Lipinski definition) is 14. The van der Waals surface area contributed by atoms with Crippen molar-refractivity contribution in [3.05, 3.63) is 105 Å². The zero-order valence-corrected chi connectivity index (χ0v) is 38.7. The second kappa shape index (κ2) is 19.7. The van der Waals surface area contributed by atoms with Crippen molar-refractivity contribution in [1.82, 2.24) is 10.2 Å². The number of nitrogens with one attached hydrogen (secondary N) is 1. The summed E-state index contributed by atoms with van der Waals surface area (Å²) in [7, 11) is 1.43. The zero-order valence-electron chi connectivity index (χ0n) is 38.7. The molecule has 0 spiro atoms. The molecule has 9 atom stereocenters. The maximum absolute atomic E-state index is 15.2. The Balaban J connectivity index is 1.55. The molecule has 65 heavy (non-hydrogen) atoms. The number of hydrogen-bond donors (Lipinski definition) is 3. The lowest BCUT2D eigenvalue weighted by Crippen LogP contribution is -2.46. The Morgan fingerprint density at radius 2 is 1.51 bits per heavy atom. The summed E-state index contributed by atoms with van der Waals surface area (Å²) < 4.78 is 30.0. The number of fused-ring (bicyclic) bond motifs is 14. The van der Waals surface area contributed by atoms with Gasteiger partial charge in [0.2, 0.25) is 11.6 Å². The molecule has 9 unspecified atom stereocenters. The SMILES string of the molecule is COC1C=COC2(C)Oc3c(C)c(OC(=O)c4ccc(C)cc4)c4c(c3C2=O)C(=O)C(N2CCCCC2)=C(NC(=O)C(C)=CC=CC(C)C(O)C(C)C(O)C(C)C(OC(C)=O)C1C)C4=O. The highest BCUT2D eigenvalue weighted by molar-refractivity contribution is 6.32. The maximum atomic E-state index is 15.2. The molecule has 2 aromatic carbocycles. The number of rotatable bonds is 5. The number of amides is 1. The number of piperidine rings is 1. The van der Waals surface area contributed by atoms with E-state index in [9.17, 15) is 29.4 Å². The number of aryl methyl sites for hydroxylation is 1. The molecule has 7 rings (SSSR count). The Hall–Kier alpha value is -5.90. The van der Waals surface area contributed by atoms with Crippen molar-refractivity contribution in [2.75, 3.05) is 20.2 Å². The molecule has 15 heteroatoms. The van der Waals surface area contributed by atoms with E-state index < -0.39 is 94.6 Å². The van der Waals surface area contributed by atoms with E-state index in [0.29, 0.717) is 25.9 Å². The Bertz CT molecular complexity index is 2370. The molecule has 4 heterocycles. The third kappa shape index (κ3) is 9.59. The van der Waals surface area contributed by atoms with Crippen molar-refractivity contribution >= 4 is 35.2 Å². The van der Waals surface area contributed by atoms with E-state index in [1.807, 2.05) is 6.92 Å². The second-order valence-corrected chi connectivity index (χ2v) is 17.8. The third-order valence-electron chi connectivity index (χ3n) is 13.1. The van der Waals surface area contributed by atoms with Gasteiger partial charge in [-0.2, -0.15) is 0 Å². The number of carbonyl (C=O) groups excluding carboxylic acids is 6. The van der Waals surface area contributed by atoms with Gasteiger partial charge >= 0.3 is 17.7 Å². The average Bonchev–Trinajstić information content (AvgIpc) is 3.54. The summed E-state index contributed by atoms with van der Waals surface area (Å²) in [5.74, 6) is -9.77. The van der Waals surface area contributed by atoms with Gasteiger partial charge in [-0.1, -0.05) is 63.6 Å². The van der Waals surface area contributed by atoms with E-state index in [0.717, 1.165) is 12.0 Å².